The van der Waals surface area contributed by atoms with Crippen LogP contribution in [0, 0.1) is 0 Å². The van der Waals surface area contributed by atoms with E-state index >= 15 is 0 Å². The molecule has 0 radical (unpaired) electrons. The molecule has 1 aromatic rings. The van der Waals surface area contributed by atoms with E-state index in [1.165, 1.54) is 32.1 Å². The van der Waals surface area contributed by atoms with Gasteiger partial charge in [0.25, 0.3) is 0 Å². The van der Waals surface area contributed by atoms with Gasteiger partial charge in [-0.25, -0.2) is 4.98 Å². The molecule has 1 aromatic heterocycles. The average molecular weight is 208 g/mol. The van der Waals surface area contributed by atoms with Crippen molar-refractivity contribution in [2.75, 3.05) is 0 Å². The van der Waals surface area contributed by atoms with Crippen molar-refractivity contribution in [1.82, 2.24) is 9.55 Å². The normalized spacial score (nSPS) is 10.5. The highest BCUT2D eigenvalue weighted by molar-refractivity contribution is 5.78. The maximum Gasteiger partial charge on any atom is 0.231 e. The van der Waals surface area contributed by atoms with Crippen molar-refractivity contribution in [2.45, 2.75) is 51.9 Å². The minimum Gasteiger partial charge on any atom is -0.276 e. The Labute approximate surface area is 91.5 Å². The summed E-state index contributed by atoms with van der Waals surface area (Å²) in [6, 6.07) is 0. The zero-order valence-corrected chi connectivity index (χ0v) is 9.48. The van der Waals surface area contributed by atoms with Crippen molar-refractivity contribution >= 4 is 5.91 Å². The standard InChI is InChI=1S/C12H20N2O/c1-2-3-4-5-6-7-8-12(15)14-10-9-13-11-14/h9-11H,2-8H2,1H3. The lowest BCUT2D eigenvalue weighted by Gasteiger charge is -2.01. The Bertz CT molecular complexity index is 267. The lowest BCUT2D eigenvalue weighted by Crippen LogP contribution is -2.07. The summed E-state index contributed by atoms with van der Waals surface area (Å²) < 4.78 is 1.56. The maximum absolute atomic E-state index is 11.5. The quantitative estimate of drug-likeness (QED) is 0.644. The van der Waals surface area contributed by atoms with Gasteiger partial charge in [-0.15, -0.1) is 0 Å². The van der Waals surface area contributed by atoms with Gasteiger partial charge in [0.2, 0.25) is 5.91 Å². The van der Waals surface area contributed by atoms with Crippen LogP contribution in [-0.2, 0) is 0 Å². The second kappa shape index (κ2) is 7.21. The fourth-order valence-electron chi connectivity index (χ4n) is 1.59. The summed E-state index contributed by atoms with van der Waals surface area (Å²) in [5.74, 6) is 0.156. The first-order valence-electron chi connectivity index (χ1n) is 5.85. The van der Waals surface area contributed by atoms with Gasteiger partial charge in [-0.3, -0.25) is 9.36 Å². The van der Waals surface area contributed by atoms with Crippen LogP contribution < -0.4 is 0 Å². The van der Waals surface area contributed by atoms with Crippen molar-refractivity contribution in [3.63, 3.8) is 0 Å². The van der Waals surface area contributed by atoms with E-state index < -0.39 is 0 Å². The number of unbranched alkanes of at least 4 members (excludes halogenated alkanes) is 5. The van der Waals surface area contributed by atoms with Gasteiger partial charge < -0.3 is 0 Å². The summed E-state index contributed by atoms with van der Waals surface area (Å²) in [5.41, 5.74) is 0. The van der Waals surface area contributed by atoms with Crippen molar-refractivity contribution < 1.29 is 4.79 Å². The molecule has 0 amide bonds. The molecule has 0 fully saturated rings. The fourth-order valence-corrected chi connectivity index (χ4v) is 1.59. The highest BCUT2D eigenvalue weighted by Gasteiger charge is 2.02. The first kappa shape index (κ1) is 12.0. The second-order valence-electron chi connectivity index (χ2n) is 3.88. The van der Waals surface area contributed by atoms with Crippen LogP contribution in [0.3, 0.4) is 0 Å². The number of aromatic nitrogens is 2. The van der Waals surface area contributed by atoms with E-state index in [1.807, 2.05) is 0 Å². The predicted octanol–water partition coefficient (Wildman–Crippen LogP) is 3.27. The van der Waals surface area contributed by atoms with E-state index in [1.54, 1.807) is 23.3 Å². The number of hydrogen-bond acceptors (Lipinski definition) is 2. The summed E-state index contributed by atoms with van der Waals surface area (Å²) in [7, 11) is 0. The molecule has 0 aliphatic heterocycles. The smallest absolute Gasteiger partial charge is 0.231 e. The maximum atomic E-state index is 11.5. The van der Waals surface area contributed by atoms with Crippen LogP contribution in [-0.4, -0.2) is 15.5 Å². The van der Waals surface area contributed by atoms with E-state index in [2.05, 4.69) is 11.9 Å². The van der Waals surface area contributed by atoms with Crippen LogP contribution in [0.4, 0.5) is 0 Å². The molecule has 0 bridgehead atoms. The zero-order chi connectivity index (χ0) is 10.9. The van der Waals surface area contributed by atoms with Gasteiger partial charge in [0.1, 0.15) is 6.33 Å². The van der Waals surface area contributed by atoms with Crippen molar-refractivity contribution in [2.24, 2.45) is 0 Å². The van der Waals surface area contributed by atoms with E-state index in [0.717, 1.165) is 6.42 Å². The summed E-state index contributed by atoms with van der Waals surface area (Å²) in [6.07, 6.45) is 12.9. The lowest BCUT2D eigenvalue weighted by atomic mass is 10.1. The minimum atomic E-state index is 0.156. The molecule has 3 heteroatoms. The van der Waals surface area contributed by atoms with Crippen LogP contribution in [0.1, 0.15) is 56.7 Å². The number of carbonyl (C=O) groups is 1. The van der Waals surface area contributed by atoms with Gasteiger partial charge in [-0.2, -0.15) is 0 Å². The minimum absolute atomic E-state index is 0.156. The molecule has 0 aliphatic rings. The average Bonchev–Trinajstić information content (AvgIpc) is 2.76. The molecule has 0 spiro atoms. The lowest BCUT2D eigenvalue weighted by molar-refractivity contribution is 0.0899. The zero-order valence-electron chi connectivity index (χ0n) is 9.48. The van der Waals surface area contributed by atoms with Gasteiger partial charge in [-0.1, -0.05) is 39.0 Å². The van der Waals surface area contributed by atoms with Crippen LogP contribution in [0.25, 0.3) is 0 Å². The number of imidazole rings is 1. The number of hydrogen-bond donors (Lipinski definition) is 0. The van der Waals surface area contributed by atoms with E-state index in [-0.39, 0.29) is 5.91 Å². The van der Waals surface area contributed by atoms with Crippen molar-refractivity contribution in [3.05, 3.63) is 18.7 Å². The summed E-state index contributed by atoms with van der Waals surface area (Å²) in [4.78, 5) is 15.4. The molecule has 0 saturated heterocycles. The van der Waals surface area contributed by atoms with Gasteiger partial charge in [0.15, 0.2) is 0 Å². The van der Waals surface area contributed by atoms with Crippen molar-refractivity contribution in [1.29, 1.82) is 0 Å². The summed E-state index contributed by atoms with van der Waals surface area (Å²) in [6.45, 7) is 2.21. The third-order valence-electron chi connectivity index (χ3n) is 2.54. The molecule has 0 N–H and O–H groups in total. The first-order chi connectivity index (χ1) is 7.34. The Balaban J connectivity index is 2.03. The number of rotatable bonds is 7. The Morgan fingerprint density at radius 2 is 1.93 bits per heavy atom. The van der Waals surface area contributed by atoms with Crippen LogP contribution in [0.5, 0.6) is 0 Å². The molecule has 1 heterocycles. The summed E-state index contributed by atoms with van der Waals surface area (Å²) in [5, 5.41) is 0. The monoisotopic (exact) mass is 208 g/mol. The molecule has 3 nitrogen and oxygen atoms in total. The van der Waals surface area contributed by atoms with Crippen LogP contribution >= 0.6 is 0 Å². The Kier molecular flexibility index (Phi) is 5.74. The molecule has 0 saturated carbocycles. The molecular formula is C12H20N2O. The largest absolute Gasteiger partial charge is 0.276 e. The van der Waals surface area contributed by atoms with Crippen LogP contribution in [0.2, 0.25) is 0 Å². The number of carbonyl (C=O) groups excluding carboxylic acids is 1. The SMILES string of the molecule is CCCCCCCCC(=O)n1ccnc1. The molecule has 0 aromatic carbocycles. The highest BCUT2D eigenvalue weighted by atomic mass is 16.2. The van der Waals surface area contributed by atoms with E-state index in [9.17, 15) is 4.79 Å². The van der Waals surface area contributed by atoms with E-state index in [4.69, 9.17) is 0 Å². The van der Waals surface area contributed by atoms with E-state index in [0.29, 0.717) is 6.42 Å². The summed E-state index contributed by atoms with van der Waals surface area (Å²) >= 11 is 0. The Morgan fingerprint density at radius 3 is 2.60 bits per heavy atom. The van der Waals surface area contributed by atoms with Gasteiger partial charge in [-0.05, 0) is 6.42 Å². The third kappa shape index (κ3) is 4.77. The molecule has 0 aliphatic carbocycles. The van der Waals surface area contributed by atoms with Gasteiger partial charge in [0, 0.05) is 18.8 Å². The molecule has 84 valence electrons. The molecule has 15 heavy (non-hydrogen) atoms. The Morgan fingerprint density at radius 1 is 1.20 bits per heavy atom. The third-order valence-corrected chi connectivity index (χ3v) is 2.54. The Hall–Kier alpha value is -1.12. The van der Waals surface area contributed by atoms with Gasteiger partial charge in [0.05, 0.1) is 0 Å². The number of nitrogens with zero attached hydrogens (tertiary/aromatic N) is 2. The highest BCUT2D eigenvalue weighted by Crippen LogP contribution is 2.07. The van der Waals surface area contributed by atoms with Crippen LogP contribution in [0.15, 0.2) is 18.7 Å². The topological polar surface area (TPSA) is 34.9 Å². The first-order valence-corrected chi connectivity index (χ1v) is 5.85. The molecular weight excluding hydrogens is 188 g/mol. The van der Waals surface area contributed by atoms with Gasteiger partial charge >= 0.3 is 0 Å². The second-order valence-corrected chi connectivity index (χ2v) is 3.88. The van der Waals surface area contributed by atoms with Crippen molar-refractivity contribution in [3.8, 4) is 0 Å². The molecule has 0 atom stereocenters. The molecule has 1 rings (SSSR count). The fraction of sp³-hybridized carbons (Fsp3) is 0.667. The predicted molar refractivity (Wildman–Crippen MR) is 60.8 cm³/mol. The molecule has 0 unspecified atom stereocenters.